The summed E-state index contributed by atoms with van der Waals surface area (Å²) in [6.07, 6.45) is 5.34. The normalized spacial score (nSPS) is 11.4. The smallest absolute Gasteiger partial charge is 0.306 e. The van der Waals surface area contributed by atoms with E-state index in [1.807, 2.05) is 0 Å². The molecule has 0 aromatic heterocycles. The Morgan fingerprint density at radius 3 is 2.38 bits per heavy atom. The highest BCUT2D eigenvalue weighted by Gasteiger charge is 2.21. The van der Waals surface area contributed by atoms with Crippen molar-refractivity contribution < 1.29 is 9.53 Å². The minimum Gasteiger partial charge on any atom is -0.469 e. The van der Waals surface area contributed by atoms with E-state index in [1.165, 1.54) is 26.4 Å². The van der Waals surface area contributed by atoms with E-state index in [9.17, 15) is 4.79 Å². The molecule has 0 heterocycles. The van der Waals surface area contributed by atoms with E-state index in [-0.39, 0.29) is 11.4 Å². The fraction of sp³-hybridized carbons (Fsp3) is 0.909. The van der Waals surface area contributed by atoms with Crippen LogP contribution in [0.4, 0.5) is 0 Å². The number of carbonyl (C=O) groups excluding carboxylic acids is 1. The number of ether oxygens (including phenoxy) is 1. The molecule has 0 bridgehead atoms. The van der Waals surface area contributed by atoms with Gasteiger partial charge in [-0.05, 0) is 11.8 Å². The number of unbranched alkanes of at least 4 members (excludes halogenated alkanes) is 2. The second kappa shape index (κ2) is 6.01. The van der Waals surface area contributed by atoms with Gasteiger partial charge in [-0.15, -0.1) is 0 Å². The molecule has 0 spiro atoms. The molecule has 78 valence electrons. The lowest BCUT2D eigenvalue weighted by Crippen LogP contribution is -2.17. The topological polar surface area (TPSA) is 26.3 Å². The minimum atomic E-state index is -0.0958. The van der Waals surface area contributed by atoms with E-state index in [0.717, 1.165) is 6.42 Å². The maximum atomic E-state index is 11.0. The van der Waals surface area contributed by atoms with Gasteiger partial charge in [-0.3, -0.25) is 4.79 Å². The largest absolute Gasteiger partial charge is 0.469 e. The quantitative estimate of drug-likeness (QED) is 0.470. The van der Waals surface area contributed by atoms with Gasteiger partial charge in [0.15, 0.2) is 0 Å². The van der Waals surface area contributed by atoms with E-state index in [1.54, 1.807) is 0 Å². The second-order valence-corrected chi connectivity index (χ2v) is 4.37. The highest BCUT2D eigenvalue weighted by Crippen LogP contribution is 2.27. The Labute approximate surface area is 81.7 Å². The molecule has 0 fully saturated rings. The molecular weight excluding hydrogens is 164 g/mol. The van der Waals surface area contributed by atoms with Crippen molar-refractivity contribution in [3.63, 3.8) is 0 Å². The Balaban J connectivity index is 3.72. The Kier molecular flexibility index (Phi) is 5.76. The lowest BCUT2D eigenvalue weighted by molar-refractivity contribution is -0.143. The van der Waals surface area contributed by atoms with E-state index >= 15 is 0 Å². The third-order valence-electron chi connectivity index (χ3n) is 2.31. The average Bonchev–Trinajstić information content (AvgIpc) is 2.03. The van der Waals surface area contributed by atoms with Gasteiger partial charge in [0.05, 0.1) is 13.5 Å². The summed E-state index contributed by atoms with van der Waals surface area (Å²) >= 11 is 0. The van der Waals surface area contributed by atoms with Gasteiger partial charge >= 0.3 is 5.97 Å². The lowest BCUT2D eigenvalue weighted by atomic mass is 9.84. The molecule has 0 saturated heterocycles. The molecule has 0 atom stereocenters. The summed E-state index contributed by atoms with van der Waals surface area (Å²) in [5.74, 6) is -0.0958. The van der Waals surface area contributed by atoms with Crippen molar-refractivity contribution in [1.29, 1.82) is 0 Å². The summed E-state index contributed by atoms with van der Waals surface area (Å²) in [5, 5.41) is 0. The number of rotatable bonds is 6. The van der Waals surface area contributed by atoms with E-state index in [4.69, 9.17) is 0 Å². The molecule has 0 aliphatic rings. The van der Waals surface area contributed by atoms with Gasteiger partial charge in [-0.1, -0.05) is 40.0 Å². The fourth-order valence-electron chi connectivity index (χ4n) is 1.40. The van der Waals surface area contributed by atoms with E-state index in [0.29, 0.717) is 6.42 Å². The molecule has 0 radical (unpaired) electrons. The van der Waals surface area contributed by atoms with Gasteiger partial charge in [-0.25, -0.2) is 0 Å². The molecule has 0 aliphatic heterocycles. The van der Waals surface area contributed by atoms with Crippen LogP contribution in [0, 0.1) is 5.41 Å². The first-order chi connectivity index (χ1) is 6.02. The number of carbonyl (C=O) groups is 1. The van der Waals surface area contributed by atoms with Crippen LogP contribution in [0.15, 0.2) is 0 Å². The van der Waals surface area contributed by atoms with Crippen LogP contribution >= 0.6 is 0 Å². The molecule has 0 aliphatic carbocycles. The number of esters is 1. The van der Waals surface area contributed by atoms with Crippen molar-refractivity contribution in [3.8, 4) is 0 Å². The zero-order valence-electron chi connectivity index (χ0n) is 9.35. The van der Waals surface area contributed by atoms with Crippen LogP contribution in [0.3, 0.4) is 0 Å². The van der Waals surface area contributed by atoms with Crippen molar-refractivity contribution in [2.24, 2.45) is 5.41 Å². The highest BCUT2D eigenvalue weighted by molar-refractivity contribution is 5.69. The van der Waals surface area contributed by atoms with Crippen LogP contribution in [0.2, 0.25) is 0 Å². The molecule has 0 aromatic carbocycles. The van der Waals surface area contributed by atoms with E-state index in [2.05, 4.69) is 25.5 Å². The Morgan fingerprint density at radius 1 is 1.31 bits per heavy atom. The number of methoxy groups -OCH3 is 1. The Bertz CT molecular complexity index is 150. The van der Waals surface area contributed by atoms with Gasteiger partial charge in [0.25, 0.3) is 0 Å². The van der Waals surface area contributed by atoms with Crippen molar-refractivity contribution in [1.82, 2.24) is 0 Å². The van der Waals surface area contributed by atoms with Crippen molar-refractivity contribution in [2.75, 3.05) is 7.11 Å². The maximum absolute atomic E-state index is 11.0. The highest BCUT2D eigenvalue weighted by atomic mass is 16.5. The Hall–Kier alpha value is -0.530. The van der Waals surface area contributed by atoms with Crippen LogP contribution < -0.4 is 0 Å². The molecule has 2 nitrogen and oxygen atoms in total. The molecule has 0 amide bonds. The third kappa shape index (κ3) is 6.62. The average molecular weight is 186 g/mol. The van der Waals surface area contributed by atoms with Gasteiger partial charge < -0.3 is 4.74 Å². The first-order valence-electron chi connectivity index (χ1n) is 5.08. The molecule has 2 heteroatoms. The number of hydrogen-bond acceptors (Lipinski definition) is 2. The van der Waals surface area contributed by atoms with Gasteiger partial charge in [0.1, 0.15) is 0 Å². The summed E-state index contributed by atoms with van der Waals surface area (Å²) in [6.45, 7) is 6.44. The molecule has 0 rings (SSSR count). The van der Waals surface area contributed by atoms with E-state index < -0.39 is 0 Å². The zero-order chi connectivity index (χ0) is 10.3. The van der Waals surface area contributed by atoms with Gasteiger partial charge in [0, 0.05) is 0 Å². The summed E-state index contributed by atoms with van der Waals surface area (Å²) in [4.78, 5) is 11.0. The minimum absolute atomic E-state index is 0.0958. The summed E-state index contributed by atoms with van der Waals surface area (Å²) in [7, 11) is 1.45. The third-order valence-corrected chi connectivity index (χ3v) is 2.31. The van der Waals surface area contributed by atoms with Crippen LogP contribution in [0.1, 0.15) is 52.9 Å². The first kappa shape index (κ1) is 12.5. The molecule has 0 N–H and O–H groups in total. The summed E-state index contributed by atoms with van der Waals surface area (Å²) in [6, 6.07) is 0. The Morgan fingerprint density at radius 2 is 1.92 bits per heavy atom. The predicted molar refractivity (Wildman–Crippen MR) is 54.6 cm³/mol. The SMILES string of the molecule is CCCCCC(C)(C)CC(=O)OC. The number of hydrogen-bond donors (Lipinski definition) is 0. The van der Waals surface area contributed by atoms with Crippen LogP contribution in [0.5, 0.6) is 0 Å². The first-order valence-corrected chi connectivity index (χ1v) is 5.08. The second-order valence-electron chi connectivity index (χ2n) is 4.37. The summed E-state index contributed by atoms with van der Waals surface area (Å²) in [5.41, 5.74) is 0.0995. The standard InChI is InChI=1S/C11H22O2/c1-5-6-7-8-11(2,3)9-10(12)13-4/h5-9H2,1-4H3. The molecule has 0 saturated carbocycles. The summed E-state index contributed by atoms with van der Waals surface area (Å²) < 4.78 is 4.65. The fourth-order valence-corrected chi connectivity index (χ4v) is 1.40. The van der Waals surface area contributed by atoms with Gasteiger partial charge in [-0.2, -0.15) is 0 Å². The van der Waals surface area contributed by atoms with Crippen LogP contribution in [-0.4, -0.2) is 13.1 Å². The molecule has 13 heavy (non-hydrogen) atoms. The molecular formula is C11H22O2. The van der Waals surface area contributed by atoms with Crippen molar-refractivity contribution in [3.05, 3.63) is 0 Å². The van der Waals surface area contributed by atoms with Gasteiger partial charge in [0.2, 0.25) is 0 Å². The van der Waals surface area contributed by atoms with Crippen LogP contribution in [0.25, 0.3) is 0 Å². The maximum Gasteiger partial charge on any atom is 0.306 e. The molecule has 0 aromatic rings. The lowest BCUT2D eigenvalue weighted by Gasteiger charge is -2.22. The monoisotopic (exact) mass is 186 g/mol. The van der Waals surface area contributed by atoms with Crippen LogP contribution in [-0.2, 0) is 9.53 Å². The van der Waals surface area contributed by atoms with Crippen molar-refractivity contribution in [2.45, 2.75) is 52.9 Å². The zero-order valence-corrected chi connectivity index (χ0v) is 9.35. The molecule has 0 unspecified atom stereocenters. The predicted octanol–water partition coefficient (Wildman–Crippen LogP) is 3.16. The van der Waals surface area contributed by atoms with Crippen molar-refractivity contribution >= 4 is 5.97 Å².